The first-order valence-electron chi connectivity index (χ1n) is 5.76. The van der Waals surface area contributed by atoms with Crippen LogP contribution in [0.4, 0.5) is 11.4 Å². The lowest BCUT2D eigenvalue weighted by Gasteiger charge is -2.20. The molecule has 1 saturated heterocycles. The summed E-state index contributed by atoms with van der Waals surface area (Å²) in [7, 11) is 0. The first kappa shape index (κ1) is 12.4. The molecule has 1 aromatic carbocycles. The van der Waals surface area contributed by atoms with Crippen molar-refractivity contribution in [3.8, 4) is 0 Å². The fourth-order valence-corrected chi connectivity index (χ4v) is 2.73. The Bertz CT molecular complexity index is 459. The van der Waals surface area contributed by atoms with Crippen LogP contribution in [-0.2, 0) is 4.79 Å². The number of aryl methyl sites for hydroxylation is 2. The number of nitrogen functional groups attached to an aromatic ring is 1. The standard InChI is InChI=1S/C13H17BrN2O/c1-8-3-9(2)13(15)11(4-8)16-7-10(6-14)5-12(16)17/h3-4,10H,5-7,15H2,1-2H3. The number of hydrogen-bond donors (Lipinski definition) is 1. The molecule has 3 nitrogen and oxygen atoms in total. The summed E-state index contributed by atoms with van der Waals surface area (Å²) in [5, 5.41) is 0.861. The summed E-state index contributed by atoms with van der Waals surface area (Å²) in [6.45, 7) is 4.77. The second-order valence-corrected chi connectivity index (χ2v) is 5.39. The lowest BCUT2D eigenvalue weighted by atomic mass is 10.1. The minimum absolute atomic E-state index is 0.172. The first-order chi connectivity index (χ1) is 8.02. The van der Waals surface area contributed by atoms with Gasteiger partial charge in [0.05, 0.1) is 11.4 Å². The van der Waals surface area contributed by atoms with Crippen LogP contribution in [0.5, 0.6) is 0 Å². The summed E-state index contributed by atoms with van der Waals surface area (Å²) in [4.78, 5) is 13.8. The maximum Gasteiger partial charge on any atom is 0.227 e. The highest BCUT2D eigenvalue weighted by atomic mass is 79.9. The van der Waals surface area contributed by atoms with Crippen molar-refractivity contribution in [2.24, 2.45) is 5.92 Å². The molecule has 0 radical (unpaired) electrons. The van der Waals surface area contributed by atoms with Crippen LogP contribution in [0.15, 0.2) is 12.1 Å². The van der Waals surface area contributed by atoms with E-state index in [0.717, 1.165) is 34.4 Å². The van der Waals surface area contributed by atoms with E-state index in [4.69, 9.17) is 5.73 Å². The largest absolute Gasteiger partial charge is 0.397 e. The second-order valence-electron chi connectivity index (χ2n) is 4.74. The Labute approximate surface area is 110 Å². The minimum atomic E-state index is 0.172. The van der Waals surface area contributed by atoms with E-state index in [9.17, 15) is 4.79 Å². The third-order valence-corrected chi connectivity index (χ3v) is 4.14. The van der Waals surface area contributed by atoms with E-state index in [-0.39, 0.29) is 5.91 Å². The van der Waals surface area contributed by atoms with Crippen molar-refractivity contribution >= 4 is 33.2 Å². The van der Waals surface area contributed by atoms with Gasteiger partial charge in [-0.25, -0.2) is 0 Å². The SMILES string of the molecule is Cc1cc(C)c(N)c(N2CC(CBr)CC2=O)c1. The maximum absolute atomic E-state index is 12.0. The Kier molecular flexibility index (Phi) is 3.43. The predicted octanol–water partition coefficient (Wildman–Crippen LogP) is 2.63. The van der Waals surface area contributed by atoms with Gasteiger partial charge in [0.2, 0.25) is 5.91 Å². The quantitative estimate of drug-likeness (QED) is 0.674. The number of alkyl halides is 1. The average Bonchev–Trinajstić information content (AvgIpc) is 2.65. The number of amides is 1. The van der Waals surface area contributed by atoms with Crippen LogP contribution in [0.1, 0.15) is 17.5 Å². The Balaban J connectivity index is 2.38. The van der Waals surface area contributed by atoms with Crippen molar-refractivity contribution < 1.29 is 4.79 Å². The number of hydrogen-bond acceptors (Lipinski definition) is 2. The van der Waals surface area contributed by atoms with Gasteiger partial charge < -0.3 is 10.6 Å². The topological polar surface area (TPSA) is 46.3 Å². The van der Waals surface area contributed by atoms with Crippen LogP contribution >= 0.6 is 15.9 Å². The van der Waals surface area contributed by atoms with Crippen molar-refractivity contribution in [3.63, 3.8) is 0 Å². The van der Waals surface area contributed by atoms with Gasteiger partial charge in [-0.3, -0.25) is 4.79 Å². The van der Waals surface area contributed by atoms with E-state index < -0.39 is 0 Å². The molecule has 1 aliphatic heterocycles. The summed E-state index contributed by atoms with van der Waals surface area (Å²) in [6, 6.07) is 4.04. The molecule has 0 spiro atoms. The van der Waals surface area contributed by atoms with Crippen LogP contribution in [0.25, 0.3) is 0 Å². The molecule has 0 saturated carbocycles. The van der Waals surface area contributed by atoms with E-state index >= 15 is 0 Å². The Hall–Kier alpha value is -1.03. The second kappa shape index (κ2) is 4.69. The van der Waals surface area contributed by atoms with E-state index in [1.165, 1.54) is 0 Å². The first-order valence-corrected chi connectivity index (χ1v) is 6.88. The van der Waals surface area contributed by atoms with Gasteiger partial charge in [0.1, 0.15) is 0 Å². The molecule has 0 aromatic heterocycles. The molecule has 17 heavy (non-hydrogen) atoms. The molecule has 1 atom stereocenters. The number of benzene rings is 1. The molecule has 92 valence electrons. The van der Waals surface area contributed by atoms with E-state index in [0.29, 0.717) is 12.3 Å². The minimum Gasteiger partial charge on any atom is -0.397 e. The molecule has 0 bridgehead atoms. The van der Waals surface area contributed by atoms with Crippen molar-refractivity contribution in [1.82, 2.24) is 0 Å². The summed E-state index contributed by atoms with van der Waals surface area (Å²) >= 11 is 3.44. The molecule has 1 amide bonds. The molecule has 2 rings (SSSR count). The lowest BCUT2D eigenvalue weighted by Crippen LogP contribution is -2.26. The molecule has 4 heteroatoms. The Morgan fingerprint density at radius 2 is 2.18 bits per heavy atom. The van der Waals surface area contributed by atoms with Gasteiger partial charge in [0.25, 0.3) is 0 Å². The van der Waals surface area contributed by atoms with Crippen LogP contribution in [-0.4, -0.2) is 17.8 Å². The number of nitrogens with zero attached hydrogens (tertiary/aromatic N) is 1. The molecule has 1 aromatic rings. The van der Waals surface area contributed by atoms with E-state index in [2.05, 4.69) is 15.9 Å². The van der Waals surface area contributed by atoms with Crippen LogP contribution in [0.3, 0.4) is 0 Å². The zero-order valence-electron chi connectivity index (χ0n) is 10.2. The van der Waals surface area contributed by atoms with Gasteiger partial charge in [-0.05, 0) is 37.0 Å². The zero-order chi connectivity index (χ0) is 12.6. The molecule has 1 aliphatic rings. The molecular weight excluding hydrogens is 280 g/mol. The van der Waals surface area contributed by atoms with E-state index in [1.807, 2.05) is 30.9 Å². The van der Waals surface area contributed by atoms with Crippen molar-refractivity contribution in [2.75, 3.05) is 22.5 Å². The molecule has 2 N–H and O–H groups in total. The van der Waals surface area contributed by atoms with Gasteiger partial charge in [0, 0.05) is 18.3 Å². The van der Waals surface area contributed by atoms with Crippen LogP contribution in [0.2, 0.25) is 0 Å². The third-order valence-electron chi connectivity index (χ3n) is 3.22. The molecule has 0 aliphatic carbocycles. The van der Waals surface area contributed by atoms with Crippen LogP contribution < -0.4 is 10.6 Å². The Morgan fingerprint density at radius 3 is 2.76 bits per heavy atom. The molecule has 1 heterocycles. The average molecular weight is 297 g/mol. The number of nitrogens with two attached hydrogens (primary N) is 1. The van der Waals surface area contributed by atoms with Crippen LogP contribution in [0, 0.1) is 19.8 Å². The maximum atomic E-state index is 12.0. The highest BCUT2D eigenvalue weighted by Crippen LogP contribution is 2.33. The summed E-state index contributed by atoms with van der Waals surface area (Å²) in [5.74, 6) is 0.564. The number of anilines is 2. The van der Waals surface area contributed by atoms with Gasteiger partial charge in [-0.2, -0.15) is 0 Å². The monoisotopic (exact) mass is 296 g/mol. The smallest absolute Gasteiger partial charge is 0.227 e. The molecule has 1 unspecified atom stereocenters. The Morgan fingerprint density at radius 1 is 1.47 bits per heavy atom. The van der Waals surface area contributed by atoms with Gasteiger partial charge in [-0.1, -0.05) is 22.0 Å². The number of carbonyl (C=O) groups excluding carboxylic acids is 1. The van der Waals surface area contributed by atoms with E-state index in [1.54, 1.807) is 0 Å². The van der Waals surface area contributed by atoms with Gasteiger partial charge in [-0.15, -0.1) is 0 Å². The van der Waals surface area contributed by atoms with Gasteiger partial charge in [0.15, 0.2) is 0 Å². The summed E-state index contributed by atoms with van der Waals surface area (Å²) in [6.07, 6.45) is 0.609. The number of rotatable bonds is 2. The highest BCUT2D eigenvalue weighted by Gasteiger charge is 2.31. The predicted molar refractivity (Wildman–Crippen MR) is 74.6 cm³/mol. The van der Waals surface area contributed by atoms with Gasteiger partial charge >= 0.3 is 0 Å². The third kappa shape index (κ3) is 2.32. The number of carbonyl (C=O) groups is 1. The zero-order valence-corrected chi connectivity index (χ0v) is 11.8. The van der Waals surface area contributed by atoms with Crippen molar-refractivity contribution in [3.05, 3.63) is 23.3 Å². The highest BCUT2D eigenvalue weighted by molar-refractivity contribution is 9.09. The van der Waals surface area contributed by atoms with Crippen molar-refractivity contribution in [2.45, 2.75) is 20.3 Å². The fourth-order valence-electron chi connectivity index (χ4n) is 2.30. The molecule has 1 fully saturated rings. The molecular formula is C13H17BrN2O. The summed E-state index contributed by atoms with van der Waals surface area (Å²) < 4.78 is 0. The lowest BCUT2D eigenvalue weighted by molar-refractivity contribution is -0.117. The number of halogens is 1. The van der Waals surface area contributed by atoms with Crippen molar-refractivity contribution in [1.29, 1.82) is 0 Å². The normalized spacial score (nSPS) is 20.1. The summed E-state index contributed by atoms with van der Waals surface area (Å²) in [5.41, 5.74) is 9.85. The fraction of sp³-hybridized carbons (Fsp3) is 0.462.